The minimum absolute atomic E-state index is 0.166. The number of nitrogens with one attached hydrogen (secondary N) is 2. The lowest BCUT2D eigenvalue weighted by atomic mass is 9.90. The van der Waals surface area contributed by atoms with E-state index >= 15 is 0 Å². The molecule has 0 radical (unpaired) electrons. The number of rotatable bonds is 12. The molecule has 0 aliphatic carbocycles. The number of terminal acetylenes is 1. The van der Waals surface area contributed by atoms with Crippen molar-refractivity contribution in [3.05, 3.63) is 48.3 Å². The molecule has 0 spiro atoms. The highest BCUT2D eigenvalue weighted by Gasteiger charge is 2.21. The number of unbranched alkanes of at least 4 members (excludes halogenated alkanes) is 2. The van der Waals surface area contributed by atoms with Crippen molar-refractivity contribution in [2.45, 2.75) is 39.5 Å². The first-order valence-corrected chi connectivity index (χ1v) is 11.7. The van der Waals surface area contributed by atoms with Crippen LogP contribution in [0.25, 0.3) is 10.9 Å². The fourth-order valence-corrected chi connectivity index (χ4v) is 3.93. The molecule has 1 atom stereocenters. The van der Waals surface area contributed by atoms with E-state index < -0.39 is 0 Å². The molecule has 8 nitrogen and oxygen atoms in total. The summed E-state index contributed by atoms with van der Waals surface area (Å²) in [7, 11) is 1.60. The van der Waals surface area contributed by atoms with Gasteiger partial charge >= 0.3 is 0 Å². The normalized spacial score (nSPS) is 11.7. The number of benzene rings is 2. The number of hydrogen-bond donors (Lipinski definition) is 3. The number of hydrogen-bond acceptors (Lipinski definition) is 7. The summed E-state index contributed by atoms with van der Waals surface area (Å²) in [5.74, 6) is 4.11. The van der Waals surface area contributed by atoms with Crippen molar-refractivity contribution in [3.8, 4) is 23.8 Å². The first-order chi connectivity index (χ1) is 17.0. The molecule has 0 aliphatic rings. The van der Waals surface area contributed by atoms with E-state index in [1.54, 1.807) is 12.6 Å². The van der Waals surface area contributed by atoms with Crippen LogP contribution in [0.2, 0.25) is 0 Å². The number of anilines is 2. The summed E-state index contributed by atoms with van der Waals surface area (Å²) >= 11 is 0. The summed E-state index contributed by atoms with van der Waals surface area (Å²) in [6.45, 7) is 4.46. The molecular formula is C27H32N4O4. The second-order valence-corrected chi connectivity index (χ2v) is 8.62. The average molecular weight is 477 g/mol. The third kappa shape index (κ3) is 6.84. The number of carbonyl (C=O) groups excluding carboxylic acids is 1. The number of hydroxylamine groups is 1. The maximum atomic E-state index is 11.8. The number of aromatic nitrogens is 2. The molecule has 1 aromatic heterocycles. The van der Waals surface area contributed by atoms with Crippen molar-refractivity contribution in [1.82, 2.24) is 15.4 Å². The smallest absolute Gasteiger partial charge is 0.246 e. The SMILES string of the molecule is C#Cc1cccc(Nc2ncnc3cc(OC)c(OCCCCCC(C(=O)NO)C(C)C)cc23)c1. The van der Waals surface area contributed by atoms with Crippen molar-refractivity contribution in [2.24, 2.45) is 11.8 Å². The van der Waals surface area contributed by atoms with Crippen molar-refractivity contribution in [3.63, 3.8) is 0 Å². The van der Waals surface area contributed by atoms with Crippen molar-refractivity contribution < 1.29 is 19.5 Å². The Balaban J connectivity index is 1.66. The molecule has 0 saturated heterocycles. The summed E-state index contributed by atoms with van der Waals surface area (Å²) < 4.78 is 11.6. The van der Waals surface area contributed by atoms with Crippen molar-refractivity contribution in [2.75, 3.05) is 19.0 Å². The number of amides is 1. The van der Waals surface area contributed by atoms with Gasteiger partial charge in [-0.1, -0.05) is 38.7 Å². The average Bonchev–Trinajstić information content (AvgIpc) is 2.87. The third-order valence-electron chi connectivity index (χ3n) is 5.88. The topological polar surface area (TPSA) is 106 Å². The first kappa shape index (κ1) is 25.8. The molecule has 0 fully saturated rings. The van der Waals surface area contributed by atoms with E-state index in [9.17, 15) is 4.79 Å². The second-order valence-electron chi connectivity index (χ2n) is 8.62. The van der Waals surface area contributed by atoms with Crippen LogP contribution in [-0.2, 0) is 4.79 Å². The van der Waals surface area contributed by atoms with Gasteiger partial charge in [0.2, 0.25) is 5.91 Å². The molecule has 35 heavy (non-hydrogen) atoms. The Morgan fingerprint density at radius 2 is 1.97 bits per heavy atom. The highest BCUT2D eigenvalue weighted by Crippen LogP contribution is 2.35. The Morgan fingerprint density at radius 1 is 1.14 bits per heavy atom. The molecule has 1 heterocycles. The van der Waals surface area contributed by atoms with Gasteiger partial charge in [-0.2, -0.15) is 0 Å². The zero-order chi connectivity index (χ0) is 25.2. The van der Waals surface area contributed by atoms with E-state index in [-0.39, 0.29) is 17.7 Å². The standard InChI is InChI=1S/C27H32N4O4/c1-5-19-10-9-11-20(14-19)30-26-22-15-25(24(34-4)16-23(22)28-17-29-26)35-13-8-6-7-12-21(18(2)3)27(32)31-33/h1,9-11,14-18,21,33H,6-8,12-13H2,2-4H3,(H,31,32)(H,28,29,30). The van der Waals surface area contributed by atoms with Gasteiger partial charge in [-0.05, 0) is 43.0 Å². The Kier molecular flexibility index (Phi) is 9.27. The predicted molar refractivity (Wildman–Crippen MR) is 136 cm³/mol. The molecular weight excluding hydrogens is 444 g/mol. The number of ether oxygens (including phenoxy) is 2. The van der Waals surface area contributed by atoms with Crippen LogP contribution in [0.4, 0.5) is 11.5 Å². The lowest BCUT2D eigenvalue weighted by Crippen LogP contribution is -2.31. The predicted octanol–water partition coefficient (Wildman–Crippen LogP) is 5.08. The van der Waals surface area contributed by atoms with E-state index in [0.29, 0.717) is 23.9 Å². The van der Waals surface area contributed by atoms with Crippen LogP contribution in [0, 0.1) is 24.2 Å². The molecule has 0 saturated carbocycles. The zero-order valence-corrected chi connectivity index (χ0v) is 20.4. The maximum absolute atomic E-state index is 11.8. The maximum Gasteiger partial charge on any atom is 0.246 e. The summed E-state index contributed by atoms with van der Waals surface area (Å²) in [5, 5.41) is 13.0. The summed E-state index contributed by atoms with van der Waals surface area (Å²) in [6.07, 6.45) is 10.3. The van der Waals surface area contributed by atoms with Crippen molar-refractivity contribution in [1.29, 1.82) is 0 Å². The van der Waals surface area contributed by atoms with E-state index in [4.69, 9.17) is 21.1 Å². The van der Waals surface area contributed by atoms with Gasteiger partial charge in [0.1, 0.15) is 12.1 Å². The highest BCUT2D eigenvalue weighted by molar-refractivity contribution is 5.93. The van der Waals surface area contributed by atoms with Crippen LogP contribution in [0.1, 0.15) is 45.1 Å². The van der Waals surface area contributed by atoms with Crippen LogP contribution in [-0.4, -0.2) is 34.8 Å². The second kappa shape index (κ2) is 12.6. The third-order valence-corrected chi connectivity index (χ3v) is 5.88. The van der Waals surface area contributed by atoms with E-state index in [1.807, 2.05) is 50.2 Å². The Bertz CT molecular complexity index is 1190. The fourth-order valence-electron chi connectivity index (χ4n) is 3.93. The Morgan fingerprint density at radius 3 is 2.69 bits per heavy atom. The van der Waals surface area contributed by atoms with Crippen LogP contribution in [0.5, 0.6) is 11.5 Å². The van der Waals surface area contributed by atoms with Gasteiger partial charge in [-0.25, -0.2) is 15.4 Å². The largest absolute Gasteiger partial charge is 0.493 e. The van der Waals surface area contributed by atoms with Crippen LogP contribution >= 0.6 is 0 Å². The van der Waals surface area contributed by atoms with Crippen LogP contribution < -0.4 is 20.3 Å². The highest BCUT2D eigenvalue weighted by atomic mass is 16.5. The molecule has 0 aliphatic heterocycles. The number of fused-ring (bicyclic) bond motifs is 1. The van der Waals surface area contributed by atoms with Crippen molar-refractivity contribution >= 4 is 28.3 Å². The van der Waals surface area contributed by atoms with E-state index in [0.717, 1.165) is 47.8 Å². The van der Waals surface area contributed by atoms with E-state index in [1.165, 1.54) is 6.33 Å². The minimum Gasteiger partial charge on any atom is -0.493 e. The molecule has 0 bridgehead atoms. The first-order valence-electron chi connectivity index (χ1n) is 11.7. The number of methoxy groups -OCH3 is 1. The zero-order valence-electron chi connectivity index (χ0n) is 20.4. The monoisotopic (exact) mass is 476 g/mol. The fraction of sp³-hybridized carbons (Fsp3) is 0.370. The van der Waals surface area contributed by atoms with Gasteiger partial charge in [0.15, 0.2) is 11.5 Å². The number of carbonyl (C=O) groups is 1. The summed E-state index contributed by atoms with van der Waals surface area (Å²) in [5.41, 5.74) is 4.10. The molecule has 8 heteroatoms. The van der Waals surface area contributed by atoms with Gasteiger partial charge in [-0.3, -0.25) is 10.0 Å². The lowest BCUT2D eigenvalue weighted by molar-refractivity contribution is -0.135. The molecule has 184 valence electrons. The Labute approximate surface area is 206 Å². The van der Waals surface area contributed by atoms with Gasteiger partial charge in [-0.15, -0.1) is 6.42 Å². The van der Waals surface area contributed by atoms with Gasteiger partial charge in [0.05, 0.1) is 19.2 Å². The van der Waals surface area contributed by atoms with Crippen LogP contribution in [0.15, 0.2) is 42.7 Å². The molecule has 3 rings (SSSR count). The lowest BCUT2D eigenvalue weighted by Gasteiger charge is -2.18. The van der Waals surface area contributed by atoms with Crippen LogP contribution in [0.3, 0.4) is 0 Å². The molecule has 1 unspecified atom stereocenters. The van der Waals surface area contributed by atoms with Gasteiger partial charge in [0.25, 0.3) is 0 Å². The molecule has 3 aromatic rings. The Hall–Kier alpha value is -3.83. The molecule has 2 aromatic carbocycles. The quantitative estimate of drug-likeness (QED) is 0.145. The van der Waals surface area contributed by atoms with Gasteiger partial charge in [0, 0.05) is 28.6 Å². The molecule has 3 N–H and O–H groups in total. The molecule has 1 amide bonds. The van der Waals surface area contributed by atoms with E-state index in [2.05, 4.69) is 21.2 Å². The van der Waals surface area contributed by atoms with Gasteiger partial charge < -0.3 is 14.8 Å². The summed E-state index contributed by atoms with van der Waals surface area (Å²) in [6, 6.07) is 11.3. The number of nitrogens with zero attached hydrogens (tertiary/aromatic N) is 2. The minimum atomic E-state index is -0.324. The summed E-state index contributed by atoms with van der Waals surface area (Å²) in [4.78, 5) is 20.6.